The maximum Gasteiger partial charge on any atom is 0.230 e. The Morgan fingerprint density at radius 1 is 0.868 bits per heavy atom. The van der Waals surface area contributed by atoms with Crippen LogP contribution in [-0.2, 0) is 24.4 Å². The van der Waals surface area contributed by atoms with Crippen LogP contribution >= 0.6 is 0 Å². The number of nitrogens with zero attached hydrogens (tertiary/aromatic N) is 2. The van der Waals surface area contributed by atoms with Crippen LogP contribution in [-0.4, -0.2) is 29.4 Å². The standard InChI is InChI=1S/C33H36N2O3/c1-3-12-30(28-15-8-5-9-16-28)33(36)35(22-20-29-17-10-11-21-34-29)24-27-18-19-31(32(23-27)37-2)38-25-26-13-6-4-7-14-26/h4-11,13-19,21,23,30H,3,12,20,22,24-25H2,1-2H3. The maximum absolute atomic E-state index is 14.0. The van der Waals surface area contributed by atoms with Crippen LogP contribution in [0.15, 0.2) is 103 Å². The van der Waals surface area contributed by atoms with Crippen molar-refractivity contribution in [3.63, 3.8) is 0 Å². The lowest BCUT2D eigenvalue weighted by Crippen LogP contribution is -2.36. The number of hydrogen-bond acceptors (Lipinski definition) is 4. The van der Waals surface area contributed by atoms with E-state index >= 15 is 0 Å². The maximum atomic E-state index is 14.0. The molecule has 5 nitrogen and oxygen atoms in total. The number of amides is 1. The highest BCUT2D eigenvalue weighted by atomic mass is 16.5. The third-order valence-electron chi connectivity index (χ3n) is 6.59. The van der Waals surface area contributed by atoms with Crippen LogP contribution in [0.25, 0.3) is 0 Å². The van der Waals surface area contributed by atoms with Gasteiger partial charge in [-0.2, -0.15) is 0 Å². The molecule has 196 valence electrons. The summed E-state index contributed by atoms with van der Waals surface area (Å²) in [5.41, 5.74) is 4.11. The number of carbonyl (C=O) groups is 1. The molecule has 0 bridgehead atoms. The van der Waals surface area contributed by atoms with Gasteiger partial charge in [-0.25, -0.2) is 0 Å². The molecule has 38 heavy (non-hydrogen) atoms. The van der Waals surface area contributed by atoms with Gasteiger partial charge in [0.25, 0.3) is 0 Å². The molecule has 0 N–H and O–H groups in total. The summed E-state index contributed by atoms with van der Waals surface area (Å²) < 4.78 is 11.7. The van der Waals surface area contributed by atoms with Crippen molar-refractivity contribution in [2.24, 2.45) is 0 Å². The molecule has 4 rings (SSSR count). The van der Waals surface area contributed by atoms with Crippen molar-refractivity contribution >= 4 is 5.91 Å². The van der Waals surface area contributed by atoms with E-state index in [0.29, 0.717) is 37.6 Å². The number of pyridine rings is 1. The van der Waals surface area contributed by atoms with Crippen molar-refractivity contribution in [1.29, 1.82) is 0 Å². The summed E-state index contributed by atoms with van der Waals surface area (Å²) in [7, 11) is 1.64. The molecule has 0 saturated carbocycles. The highest BCUT2D eigenvalue weighted by Gasteiger charge is 2.25. The van der Waals surface area contributed by atoms with Crippen molar-refractivity contribution in [2.45, 2.75) is 45.3 Å². The zero-order chi connectivity index (χ0) is 26.6. The van der Waals surface area contributed by atoms with Crippen molar-refractivity contribution in [3.8, 4) is 11.5 Å². The van der Waals surface area contributed by atoms with E-state index in [1.807, 2.05) is 89.8 Å². The van der Waals surface area contributed by atoms with Gasteiger partial charge in [-0.3, -0.25) is 9.78 Å². The topological polar surface area (TPSA) is 51.7 Å². The fourth-order valence-corrected chi connectivity index (χ4v) is 4.58. The second-order valence-electron chi connectivity index (χ2n) is 9.34. The monoisotopic (exact) mass is 508 g/mol. The number of rotatable bonds is 13. The van der Waals surface area contributed by atoms with Gasteiger partial charge < -0.3 is 14.4 Å². The Balaban J connectivity index is 1.55. The molecule has 3 aromatic carbocycles. The summed E-state index contributed by atoms with van der Waals surface area (Å²) >= 11 is 0. The van der Waals surface area contributed by atoms with Crippen molar-refractivity contribution in [2.75, 3.05) is 13.7 Å². The minimum absolute atomic E-state index is 0.136. The number of ether oxygens (including phenoxy) is 2. The second kappa shape index (κ2) is 14.0. The lowest BCUT2D eigenvalue weighted by molar-refractivity contribution is -0.133. The van der Waals surface area contributed by atoms with Crippen LogP contribution < -0.4 is 9.47 Å². The molecule has 0 aliphatic carbocycles. The first kappa shape index (κ1) is 26.9. The first-order valence-electron chi connectivity index (χ1n) is 13.2. The van der Waals surface area contributed by atoms with Crippen LogP contribution in [0.3, 0.4) is 0 Å². The average Bonchev–Trinajstić information content (AvgIpc) is 2.98. The smallest absolute Gasteiger partial charge is 0.230 e. The second-order valence-corrected chi connectivity index (χ2v) is 9.34. The fraction of sp³-hybridized carbons (Fsp3) is 0.273. The molecule has 1 heterocycles. The minimum atomic E-state index is -0.180. The van der Waals surface area contributed by atoms with E-state index in [1.165, 1.54) is 0 Å². The van der Waals surface area contributed by atoms with Gasteiger partial charge in [0, 0.05) is 31.4 Å². The summed E-state index contributed by atoms with van der Waals surface area (Å²) in [6.07, 6.45) is 4.22. The van der Waals surface area contributed by atoms with Gasteiger partial charge in [0.1, 0.15) is 6.61 Å². The van der Waals surface area contributed by atoms with Crippen LogP contribution in [0.4, 0.5) is 0 Å². The van der Waals surface area contributed by atoms with Gasteiger partial charge in [0.2, 0.25) is 5.91 Å². The first-order chi connectivity index (χ1) is 18.7. The Morgan fingerprint density at radius 3 is 2.29 bits per heavy atom. The van der Waals surface area contributed by atoms with E-state index < -0.39 is 0 Å². The first-order valence-corrected chi connectivity index (χ1v) is 13.2. The average molecular weight is 509 g/mol. The molecular weight excluding hydrogens is 472 g/mol. The van der Waals surface area contributed by atoms with E-state index in [2.05, 4.69) is 24.0 Å². The van der Waals surface area contributed by atoms with Crippen LogP contribution in [0.2, 0.25) is 0 Å². The normalized spacial score (nSPS) is 11.5. The third-order valence-corrected chi connectivity index (χ3v) is 6.59. The highest BCUT2D eigenvalue weighted by molar-refractivity contribution is 5.83. The summed E-state index contributed by atoms with van der Waals surface area (Å²) in [5.74, 6) is 1.29. The lowest BCUT2D eigenvalue weighted by Gasteiger charge is -2.28. The molecule has 4 aromatic rings. The van der Waals surface area contributed by atoms with E-state index in [0.717, 1.165) is 35.2 Å². The largest absolute Gasteiger partial charge is 0.493 e. The minimum Gasteiger partial charge on any atom is -0.493 e. The van der Waals surface area contributed by atoms with Crippen LogP contribution in [0.5, 0.6) is 11.5 Å². The molecule has 0 radical (unpaired) electrons. The van der Waals surface area contributed by atoms with Gasteiger partial charge >= 0.3 is 0 Å². The SMILES string of the molecule is CCCC(C(=O)N(CCc1ccccn1)Cc1ccc(OCc2ccccc2)c(OC)c1)c1ccccc1. The number of aromatic nitrogens is 1. The lowest BCUT2D eigenvalue weighted by atomic mass is 9.92. The van der Waals surface area contributed by atoms with Gasteiger partial charge in [0.15, 0.2) is 11.5 Å². The fourth-order valence-electron chi connectivity index (χ4n) is 4.58. The molecule has 0 aliphatic heterocycles. The molecular formula is C33H36N2O3. The number of methoxy groups -OCH3 is 1. The van der Waals surface area contributed by atoms with Crippen LogP contribution in [0.1, 0.15) is 48.1 Å². The van der Waals surface area contributed by atoms with Gasteiger partial charge in [-0.15, -0.1) is 0 Å². The molecule has 1 aromatic heterocycles. The quantitative estimate of drug-likeness (QED) is 0.199. The highest BCUT2D eigenvalue weighted by Crippen LogP contribution is 2.30. The Bertz CT molecular complexity index is 1260. The van der Waals surface area contributed by atoms with E-state index in [-0.39, 0.29) is 11.8 Å². The van der Waals surface area contributed by atoms with Gasteiger partial charge in [0.05, 0.1) is 13.0 Å². The van der Waals surface area contributed by atoms with E-state index in [4.69, 9.17) is 9.47 Å². The summed E-state index contributed by atoms with van der Waals surface area (Å²) in [6, 6.07) is 32.0. The summed E-state index contributed by atoms with van der Waals surface area (Å²) in [6.45, 7) is 3.65. The zero-order valence-electron chi connectivity index (χ0n) is 22.3. The molecule has 0 spiro atoms. The zero-order valence-corrected chi connectivity index (χ0v) is 22.3. The summed E-state index contributed by atoms with van der Waals surface area (Å²) in [5, 5.41) is 0. The number of carbonyl (C=O) groups excluding carboxylic acids is 1. The Morgan fingerprint density at radius 2 is 1.61 bits per heavy atom. The molecule has 1 atom stereocenters. The molecule has 0 fully saturated rings. The molecule has 0 aliphatic rings. The number of benzene rings is 3. The predicted octanol–water partition coefficient (Wildman–Crippen LogP) is 6.82. The molecule has 5 heteroatoms. The van der Waals surface area contributed by atoms with Crippen molar-refractivity contribution in [1.82, 2.24) is 9.88 Å². The predicted molar refractivity (Wildman–Crippen MR) is 151 cm³/mol. The molecule has 1 unspecified atom stereocenters. The Kier molecular flexibility index (Phi) is 9.91. The van der Waals surface area contributed by atoms with Gasteiger partial charge in [-0.1, -0.05) is 86.1 Å². The van der Waals surface area contributed by atoms with Crippen molar-refractivity contribution in [3.05, 3.63) is 126 Å². The molecule has 0 saturated heterocycles. The third kappa shape index (κ3) is 7.45. The van der Waals surface area contributed by atoms with Crippen LogP contribution in [0, 0.1) is 0 Å². The number of hydrogen-bond donors (Lipinski definition) is 0. The van der Waals surface area contributed by atoms with E-state index in [1.54, 1.807) is 13.3 Å². The Labute approximate surface area is 226 Å². The Hall–Kier alpha value is -4.12. The van der Waals surface area contributed by atoms with Gasteiger partial charge in [-0.05, 0) is 47.4 Å². The van der Waals surface area contributed by atoms with E-state index in [9.17, 15) is 4.79 Å². The molecule has 1 amide bonds. The van der Waals surface area contributed by atoms with Crippen molar-refractivity contribution < 1.29 is 14.3 Å². The summed E-state index contributed by atoms with van der Waals surface area (Å²) in [4.78, 5) is 20.4.